The number of carbonyl (C=O) groups is 1. The summed E-state index contributed by atoms with van der Waals surface area (Å²) < 4.78 is 0. The first-order valence-corrected chi connectivity index (χ1v) is 13.2. The first-order valence-electron chi connectivity index (χ1n) is 12.4. The molecule has 0 aliphatic heterocycles. The number of amides is 1. The maximum atomic E-state index is 12.7. The van der Waals surface area contributed by atoms with Crippen molar-refractivity contribution >= 4 is 28.1 Å². The van der Waals surface area contributed by atoms with Crippen molar-refractivity contribution in [1.29, 1.82) is 5.26 Å². The molecule has 1 heterocycles. The molecule has 2 N–H and O–H groups in total. The van der Waals surface area contributed by atoms with Crippen molar-refractivity contribution in [2.45, 2.75) is 64.7 Å². The summed E-state index contributed by atoms with van der Waals surface area (Å²) in [5.41, 5.74) is 3.77. The van der Waals surface area contributed by atoms with E-state index < -0.39 is 0 Å². The zero-order chi connectivity index (χ0) is 24.7. The molecule has 7 nitrogen and oxygen atoms in total. The fraction of sp³-hybridized carbons (Fsp3) is 0.556. The summed E-state index contributed by atoms with van der Waals surface area (Å²) in [7, 11) is 1.61. The number of aromatic nitrogens is 1. The van der Waals surface area contributed by atoms with Crippen LogP contribution in [-0.2, 0) is 16.1 Å². The predicted molar refractivity (Wildman–Crippen MR) is 135 cm³/mol. The van der Waals surface area contributed by atoms with Gasteiger partial charge in [-0.1, -0.05) is 18.1 Å². The Morgan fingerprint density at radius 2 is 2.26 bits per heavy atom. The number of nitrogens with one attached hydrogen (secondary N) is 1. The topological polar surface area (TPSA) is 108 Å². The Balaban J connectivity index is 1.40. The Kier molecular flexibility index (Phi) is 6.30. The molecule has 3 aliphatic rings. The van der Waals surface area contributed by atoms with Crippen LogP contribution in [0.4, 0.5) is 5.13 Å². The second-order valence-electron chi connectivity index (χ2n) is 10.5. The lowest BCUT2D eigenvalue weighted by Crippen LogP contribution is -2.44. The van der Waals surface area contributed by atoms with Gasteiger partial charge in [-0.05, 0) is 86.3 Å². The second kappa shape index (κ2) is 9.27. The standard InChI is InChI=1S/C27H32N4O3S/c1-15-14-29-26(35-15)30-24(33)9-4-16-12-23(31-34-3)27(2)11-10-19-17-7-8-22(32)21(13-28)18(17)5-6-20(19)25(16)27/h7-8,14,16,19-20,25,32H,4-6,9-12H2,1-3H3,(H,29,30,33)/b31-23+. The third-order valence-corrected chi connectivity index (χ3v) is 9.52. The van der Waals surface area contributed by atoms with E-state index in [9.17, 15) is 15.2 Å². The van der Waals surface area contributed by atoms with Gasteiger partial charge in [0, 0.05) is 22.9 Å². The number of nitrogens with zero attached hydrogens (tertiary/aromatic N) is 3. The second-order valence-corrected chi connectivity index (χ2v) is 11.7. The molecule has 0 radical (unpaired) electrons. The van der Waals surface area contributed by atoms with Crippen molar-refractivity contribution in [2.75, 3.05) is 12.4 Å². The molecular weight excluding hydrogens is 460 g/mol. The molecule has 3 aliphatic carbocycles. The fourth-order valence-corrected chi connectivity index (χ4v) is 7.97. The monoisotopic (exact) mass is 492 g/mol. The minimum Gasteiger partial charge on any atom is -0.507 e. The van der Waals surface area contributed by atoms with Gasteiger partial charge in [0.25, 0.3) is 0 Å². The number of anilines is 1. The number of fused-ring (bicyclic) bond motifs is 5. The zero-order valence-electron chi connectivity index (χ0n) is 20.5. The largest absolute Gasteiger partial charge is 0.507 e. The molecule has 1 aromatic heterocycles. The highest BCUT2D eigenvalue weighted by molar-refractivity contribution is 7.15. The molecule has 8 heteroatoms. The molecule has 5 atom stereocenters. The van der Waals surface area contributed by atoms with Crippen LogP contribution in [-0.4, -0.2) is 28.8 Å². The molecular formula is C27H32N4O3S. The van der Waals surface area contributed by atoms with E-state index in [2.05, 4.69) is 28.4 Å². The maximum Gasteiger partial charge on any atom is 0.226 e. The van der Waals surface area contributed by atoms with Gasteiger partial charge in [0.05, 0.1) is 11.3 Å². The summed E-state index contributed by atoms with van der Waals surface area (Å²) in [6.45, 7) is 4.31. The number of phenolic OH excluding ortho intramolecular Hbond substituents is 1. The lowest BCUT2D eigenvalue weighted by Gasteiger charge is -2.50. The summed E-state index contributed by atoms with van der Waals surface area (Å²) in [5.74, 6) is 1.66. The van der Waals surface area contributed by atoms with E-state index in [1.807, 2.05) is 13.0 Å². The van der Waals surface area contributed by atoms with E-state index >= 15 is 0 Å². The third kappa shape index (κ3) is 4.10. The number of hydrogen-bond acceptors (Lipinski definition) is 7. The highest BCUT2D eigenvalue weighted by Crippen LogP contribution is 2.62. The summed E-state index contributed by atoms with van der Waals surface area (Å²) in [6, 6.07) is 5.94. The van der Waals surface area contributed by atoms with Crippen LogP contribution in [0, 0.1) is 41.4 Å². The molecule has 0 bridgehead atoms. The molecule has 1 aromatic carbocycles. The van der Waals surface area contributed by atoms with Crippen LogP contribution in [0.2, 0.25) is 0 Å². The summed E-state index contributed by atoms with van der Waals surface area (Å²) in [5, 5.41) is 28.0. The van der Waals surface area contributed by atoms with Gasteiger partial charge in [-0.25, -0.2) is 4.98 Å². The summed E-state index contributed by atoms with van der Waals surface area (Å²) in [6.07, 6.45) is 7.70. The Hall–Kier alpha value is -2.92. The van der Waals surface area contributed by atoms with Crippen LogP contribution < -0.4 is 5.32 Å². The molecule has 0 saturated heterocycles. The maximum absolute atomic E-state index is 12.7. The first kappa shape index (κ1) is 23.8. The van der Waals surface area contributed by atoms with E-state index in [1.165, 1.54) is 16.9 Å². The number of aryl methyl sites for hydroxylation is 1. The van der Waals surface area contributed by atoms with E-state index in [0.717, 1.165) is 54.7 Å². The Morgan fingerprint density at radius 3 is 2.97 bits per heavy atom. The van der Waals surface area contributed by atoms with Gasteiger partial charge in [0.2, 0.25) is 5.91 Å². The van der Waals surface area contributed by atoms with Gasteiger partial charge < -0.3 is 15.3 Å². The molecule has 2 fully saturated rings. The predicted octanol–water partition coefficient (Wildman–Crippen LogP) is 5.53. The Labute approximate surface area is 210 Å². The van der Waals surface area contributed by atoms with Crippen molar-refractivity contribution in [2.24, 2.45) is 28.3 Å². The van der Waals surface area contributed by atoms with Crippen molar-refractivity contribution < 1.29 is 14.7 Å². The molecule has 2 aromatic rings. The van der Waals surface area contributed by atoms with Crippen LogP contribution in [0.15, 0.2) is 23.5 Å². The number of thiazole rings is 1. The Bertz CT molecular complexity index is 1220. The number of nitriles is 1. The van der Waals surface area contributed by atoms with Crippen LogP contribution in [0.5, 0.6) is 5.75 Å². The average molecular weight is 493 g/mol. The van der Waals surface area contributed by atoms with Gasteiger partial charge >= 0.3 is 0 Å². The number of aromatic hydroxyl groups is 1. The first-order chi connectivity index (χ1) is 16.9. The van der Waals surface area contributed by atoms with Crippen molar-refractivity contribution in [3.8, 4) is 11.8 Å². The Morgan fingerprint density at radius 1 is 1.43 bits per heavy atom. The van der Waals surface area contributed by atoms with Crippen LogP contribution in [0.3, 0.4) is 0 Å². The lowest BCUT2D eigenvalue weighted by atomic mass is 9.53. The molecule has 0 spiro atoms. The van der Waals surface area contributed by atoms with Crippen molar-refractivity contribution in [3.05, 3.63) is 39.9 Å². The van der Waals surface area contributed by atoms with E-state index in [-0.39, 0.29) is 17.1 Å². The van der Waals surface area contributed by atoms with Crippen LogP contribution in [0.1, 0.15) is 72.9 Å². The van der Waals surface area contributed by atoms with Gasteiger partial charge in [0.1, 0.15) is 18.9 Å². The molecule has 2 saturated carbocycles. The number of phenols is 1. The number of benzene rings is 1. The molecule has 5 unspecified atom stereocenters. The summed E-state index contributed by atoms with van der Waals surface area (Å²) >= 11 is 1.49. The minimum absolute atomic E-state index is 0.00803. The van der Waals surface area contributed by atoms with E-state index in [4.69, 9.17) is 4.84 Å². The van der Waals surface area contributed by atoms with E-state index in [1.54, 1.807) is 19.4 Å². The third-order valence-electron chi connectivity index (χ3n) is 8.69. The number of carbonyl (C=O) groups excluding carboxylic acids is 1. The van der Waals surface area contributed by atoms with Gasteiger partial charge in [0.15, 0.2) is 5.13 Å². The summed E-state index contributed by atoms with van der Waals surface area (Å²) in [4.78, 5) is 23.3. The number of rotatable bonds is 5. The van der Waals surface area contributed by atoms with E-state index in [0.29, 0.717) is 40.8 Å². The quantitative estimate of drug-likeness (QED) is 0.534. The lowest BCUT2D eigenvalue weighted by molar-refractivity contribution is -0.116. The number of hydrogen-bond donors (Lipinski definition) is 2. The molecule has 184 valence electrons. The highest BCUT2D eigenvalue weighted by atomic mass is 32.1. The highest BCUT2D eigenvalue weighted by Gasteiger charge is 2.57. The van der Waals surface area contributed by atoms with Crippen molar-refractivity contribution in [3.63, 3.8) is 0 Å². The van der Waals surface area contributed by atoms with Gasteiger partial charge in [-0.2, -0.15) is 5.26 Å². The molecule has 5 rings (SSSR count). The van der Waals surface area contributed by atoms with Gasteiger partial charge in [-0.3, -0.25) is 4.79 Å². The van der Waals surface area contributed by atoms with Gasteiger partial charge in [-0.15, -0.1) is 11.3 Å². The smallest absolute Gasteiger partial charge is 0.226 e. The minimum atomic E-state index is -0.0444. The number of oxime groups is 1. The molecule has 1 amide bonds. The fourth-order valence-electron chi connectivity index (χ4n) is 7.29. The van der Waals surface area contributed by atoms with Crippen LogP contribution >= 0.6 is 11.3 Å². The van der Waals surface area contributed by atoms with Crippen molar-refractivity contribution in [1.82, 2.24) is 4.98 Å². The SMILES string of the molecule is CO/N=C1\CC(CCC(=O)Nc2ncc(C)s2)C2C3CCc4c(ccc(O)c4C#N)C3CCC12C. The van der Waals surface area contributed by atoms with Crippen LogP contribution in [0.25, 0.3) is 0 Å². The zero-order valence-corrected chi connectivity index (χ0v) is 21.3. The average Bonchev–Trinajstić information content (AvgIpc) is 3.37. The normalized spacial score (nSPS) is 30.2. The molecule has 35 heavy (non-hydrogen) atoms.